The van der Waals surface area contributed by atoms with Crippen LogP contribution in [0.1, 0.15) is 10.4 Å². The van der Waals surface area contributed by atoms with E-state index in [0.717, 1.165) is 5.56 Å². The number of nitro groups is 1. The zero-order chi connectivity index (χ0) is 16.1. The number of carboxylic acid groups (broad SMARTS) is 1. The fourth-order valence-corrected chi connectivity index (χ4v) is 3.03. The van der Waals surface area contributed by atoms with E-state index in [9.17, 15) is 14.9 Å². The monoisotopic (exact) mass is 340 g/mol. The maximum Gasteiger partial charge on any atom is 0.317 e. The molecule has 1 aromatic heterocycles. The molecule has 6 nitrogen and oxygen atoms in total. The van der Waals surface area contributed by atoms with Gasteiger partial charge >= 0.3 is 5.97 Å². The molecular formula is C14H13ClN2O4S. The average molecular weight is 341 g/mol. The van der Waals surface area contributed by atoms with E-state index in [4.69, 9.17) is 16.7 Å². The van der Waals surface area contributed by atoms with E-state index in [0.29, 0.717) is 16.4 Å². The lowest BCUT2D eigenvalue weighted by Gasteiger charge is -2.19. The highest BCUT2D eigenvalue weighted by Crippen LogP contribution is 2.26. The van der Waals surface area contributed by atoms with Gasteiger partial charge in [0.05, 0.1) is 16.3 Å². The first-order valence-corrected chi connectivity index (χ1v) is 7.61. The van der Waals surface area contributed by atoms with Gasteiger partial charge in [-0.25, -0.2) is 0 Å². The van der Waals surface area contributed by atoms with Gasteiger partial charge in [-0.05, 0) is 23.1 Å². The number of thiophene rings is 1. The number of carboxylic acids is 1. The molecular weight excluding hydrogens is 328 g/mol. The van der Waals surface area contributed by atoms with Crippen molar-refractivity contribution < 1.29 is 14.8 Å². The minimum atomic E-state index is -0.979. The molecule has 2 rings (SSSR count). The average Bonchev–Trinajstić information content (AvgIpc) is 2.89. The fourth-order valence-electron chi connectivity index (χ4n) is 2.02. The second kappa shape index (κ2) is 7.35. The third-order valence-corrected chi connectivity index (χ3v) is 4.11. The number of benzene rings is 1. The summed E-state index contributed by atoms with van der Waals surface area (Å²) >= 11 is 7.07. The number of hydrogen-bond acceptors (Lipinski definition) is 5. The van der Waals surface area contributed by atoms with Crippen LogP contribution in [-0.2, 0) is 17.9 Å². The lowest BCUT2D eigenvalue weighted by Crippen LogP contribution is -2.28. The third kappa shape index (κ3) is 4.52. The third-order valence-electron chi connectivity index (χ3n) is 2.96. The molecule has 0 saturated carbocycles. The van der Waals surface area contributed by atoms with Crippen LogP contribution in [0.15, 0.2) is 35.7 Å². The van der Waals surface area contributed by atoms with Crippen LogP contribution in [0.25, 0.3) is 0 Å². The first kappa shape index (κ1) is 16.4. The van der Waals surface area contributed by atoms with E-state index in [2.05, 4.69) is 0 Å². The maximum absolute atomic E-state index is 11.0. The number of halogens is 1. The van der Waals surface area contributed by atoms with Crippen molar-refractivity contribution in [1.29, 1.82) is 0 Å². The topological polar surface area (TPSA) is 83.7 Å². The van der Waals surface area contributed by atoms with Gasteiger partial charge in [-0.2, -0.15) is 0 Å². The summed E-state index contributed by atoms with van der Waals surface area (Å²) in [5.41, 5.74) is 0.918. The lowest BCUT2D eigenvalue weighted by atomic mass is 10.2. The van der Waals surface area contributed by atoms with Crippen LogP contribution >= 0.6 is 22.9 Å². The van der Waals surface area contributed by atoms with Crippen molar-refractivity contribution in [3.8, 4) is 0 Å². The van der Waals surface area contributed by atoms with Crippen LogP contribution in [0.4, 0.5) is 5.69 Å². The summed E-state index contributed by atoms with van der Waals surface area (Å²) in [6, 6.07) is 8.49. The SMILES string of the molecule is O=C(O)CN(Cc1ccc(Cl)cc1)Cc1sccc1[N+](=O)[O-]. The highest BCUT2D eigenvalue weighted by molar-refractivity contribution is 7.10. The number of rotatable bonds is 7. The minimum absolute atomic E-state index is 0.0245. The van der Waals surface area contributed by atoms with Gasteiger partial charge < -0.3 is 5.11 Å². The number of nitrogens with zero attached hydrogens (tertiary/aromatic N) is 2. The second-order valence-corrected chi connectivity index (χ2v) is 6.09. The van der Waals surface area contributed by atoms with Crippen LogP contribution in [0, 0.1) is 10.1 Å². The van der Waals surface area contributed by atoms with Gasteiger partial charge in [-0.1, -0.05) is 23.7 Å². The molecule has 2 aromatic rings. The van der Waals surface area contributed by atoms with Crippen molar-refractivity contribution in [2.45, 2.75) is 13.1 Å². The summed E-state index contributed by atoms with van der Waals surface area (Å²) < 4.78 is 0. The van der Waals surface area contributed by atoms with Crippen molar-refractivity contribution in [2.75, 3.05) is 6.54 Å². The highest BCUT2D eigenvalue weighted by atomic mass is 35.5. The Hall–Kier alpha value is -1.96. The highest BCUT2D eigenvalue weighted by Gasteiger charge is 2.19. The zero-order valence-corrected chi connectivity index (χ0v) is 13.0. The minimum Gasteiger partial charge on any atom is -0.480 e. The molecule has 0 saturated heterocycles. The number of aliphatic carboxylic acids is 1. The second-order valence-electron chi connectivity index (χ2n) is 4.65. The Morgan fingerprint density at radius 2 is 1.95 bits per heavy atom. The van der Waals surface area contributed by atoms with E-state index in [1.165, 1.54) is 17.4 Å². The van der Waals surface area contributed by atoms with Gasteiger partial charge in [0.1, 0.15) is 0 Å². The predicted octanol–water partition coefficient (Wildman–Crippen LogP) is 3.40. The number of hydrogen-bond donors (Lipinski definition) is 1. The standard InChI is InChI=1S/C14H13ClN2O4S/c15-11-3-1-10(2-4-11)7-16(9-14(18)19)8-13-12(17(20)21)5-6-22-13/h1-6H,7-9H2,(H,18,19). The van der Waals surface area contributed by atoms with Crippen LogP contribution in [0.5, 0.6) is 0 Å². The smallest absolute Gasteiger partial charge is 0.317 e. The van der Waals surface area contributed by atoms with Crippen LogP contribution in [0.2, 0.25) is 5.02 Å². The summed E-state index contributed by atoms with van der Waals surface area (Å²) in [4.78, 5) is 23.7. The van der Waals surface area contributed by atoms with Crippen molar-refractivity contribution in [1.82, 2.24) is 4.90 Å². The predicted molar refractivity (Wildman–Crippen MR) is 84.2 cm³/mol. The molecule has 0 radical (unpaired) electrons. The Balaban J connectivity index is 2.15. The summed E-state index contributed by atoms with van der Waals surface area (Å²) in [7, 11) is 0. The Morgan fingerprint density at radius 1 is 1.27 bits per heavy atom. The van der Waals surface area contributed by atoms with Crippen LogP contribution < -0.4 is 0 Å². The molecule has 0 aliphatic carbocycles. The van der Waals surface area contributed by atoms with E-state index in [1.54, 1.807) is 34.5 Å². The molecule has 22 heavy (non-hydrogen) atoms. The summed E-state index contributed by atoms with van der Waals surface area (Å²) in [5.74, 6) is -0.979. The van der Waals surface area contributed by atoms with Gasteiger partial charge in [0.2, 0.25) is 0 Å². The molecule has 8 heteroatoms. The van der Waals surface area contributed by atoms with Gasteiger partial charge in [0.15, 0.2) is 0 Å². The zero-order valence-electron chi connectivity index (χ0n) is 11.4. The quantitative estimate of drug-likeness (QED) is 0.617. The van der Waals surface area contributed by atoms with E-state index in [-0.39, 0.29) is 18.8 Å². The van der Waals surface area contributed by atoms with E-state index in [1.807, 2.05) is 0 Å². The molecule has 0 atom stereocenters. The summed E-state index contributed by atoms with van der Waals surface area (Å²) in [6.45, 7) is 0.388. The Morgan fingerprint density at radius 3 is 2.55 bits per heavy atom. The van der Waals surface area contributed by atoms with Crippen molar-refractivity contribution >= 4 is 34.6 Å². The molecule has 0 fully saturated rings. The van der Waals surface area contributed by atoms with Crippen molar-refractivity contribution in [2.24, 2.45) is 0 Å². The van der Waals surface area contributed by atoms with Gasteiger partial charge in [0.25, 0.3) is 5.69 Å². The van der Waals surface area contributed by atoms with E-state index < -0.39 is 10.9 Å². The molecule has 1 N–H and O–H groups in total. The van der Waals surface area contributed by atoms with E-state index >= 15 is 0 Å². The molecule has 0 spiro atoms. The molecule has 0 aliphatic heterocycles. The molecule has 1 aromatic carbocycles. The number of carbonyl (C=O) groups is 1. The maximum atomic E-state index is 11.0. The molecule has 0 unspecified atom stereocenters. The Labute approximate surface area is 135 Å². The molecule has 1 heterocycles. The summed E-state index contributed by atoms with van der Waals surface area (Å²) in [6.07, 6.45) is 0. The van der Waals surface area contributed by atoms with Gasteiger partial charge in [-0.15, -0.1) is 11.3 Å². The molecule has 116 valence electrons. The van der Waals surface area contributed by atoms with Crippen molar-refractivity contribution in [3.05, 3.63) is 61.3 Å². The Kier molecular flexibility index (Phi) is 5.48. The summed E-state index contributed by atoms with van der Waals surface area (Å²) in [5, 5.41) is 22.2. The molecule has 0 bridgehead atoms. The first-order chi connectivity index (χ1) is 10.5. The fraction of sp³-hybridized carbons (Fsp3) is 0.214. The van der Waals surface area contributed by atoms with Gasteiger partial charge in [0, 0.05) is 24.2 Å². The first-order valence-electron chi connectivity index (χ1n) is 6.35. The van der Waals surface area contributed by atoms with Gasteiger partial charge in [-0.3, -0.25) is 19.8 Å². The van der Waals surface area contributed by atoms with Crippen molar-refractivity contribution in [3.63, 3.8) is 0 Å². The molecule has 0 aliphatic rings. The lowest BCUT2D eigenvalue weighted by molar-refractivity contribution is -0.385. The molecule has 0 amide bonds. The normalized spacial score (nSPS) is 10.8. The Bertz CT molecular complexity index is 672. The van der Waals surface area contributed by atoms with Crippen LogP contribution in [0.3, 0.4) is 0 Å². The van der Waals surface area contributed by atoms with Crippen LogP contribution in [-0.4, -0.2) is 27.4 Å². The largest absolute Gasteiger partial charge is 0.480 e.